The largest absolute Gasteiger partial charge is 0.504 e. The summed E-state index contributed by atoms with van der Waals surface area (Å²) in [7, 11) is 3.19. The van der Waals surface area contributed by atoms with Crippen LogP contribution in [0.4, 0.5) is 5.69 Å². The van der Waals surface area contributed by atoms with Crippen molar-refractivity contribution < 1.29 is 19.4 Å². The molecule has 33 heavy (non-hydrogen) atoms. The molecule has 0 aromatic heterocycles. The fourth-order valence-corrected chi connectivity index (χ4v) is 4.41. The average Bonchev–Trinajstić information content (AvgIpc) is 2.87. The minimum absolute atomic E-state index is 0.00672. The number of methoxy groups -OCH3 is 2. The highest BCUT2D eigenvalue weighted by Crippen LogP contribution is 2.32. The van der Waals surface area contributed by atoms with Crippen LogP contribution in [0.3, 0.4) is 0 Å². The first-order valence-corrected chi connectivity index (χ1v) is 11.2. The topological polar surface area (TPSA) is 62.2 Å². The first kappa shape index (κ1) is 22.7. The number of para-hydroxylation sites is 1. The summed E-state index contributed by atoms with van der Waals surface area (Å²) in [5.41, 5.74) is 2.36. The quantitative estimate of drug-likeness (QED) is 0.569. The third-order valence-corrected chi connectivity index (χ3v) is 6.19. The Labute approximate surface area is 195 Å². The molecule has 1 fully saturated rings. The van der Waals surface area contributed by atoms with Crippen LogP contribution in [-0.2, 0) is 6.54 Å². The molecular weight excluding hydrogens is 416 g/mol. The first-order chi connectivity index (χ1) is 16.1. The van der Waals surface area contributed by atoms with Crippen molar-refractivity contribution in [2.75, 3.05) is 32.2 Å². The molecule has 0 radical (unpaired) electrons. The SMILES string of the molecule is COc1cccc(N(C(=O)c2ccccc2)C2CCN(Cc3cccc(OC)c3O)CC2)c1. The molecule has 3 aromatic rings. The van der Waals surface area contributed by atoms with Gasteiger partial charge < -0.3 is 19.5 Å². The number of carbonyl (C=O) groups is 1. The number of hydrogen-bond acceptors (Lipinski definition) is 5. The Bertz CT molecular complexity index is 1080. The molecule has 172 valence electrons. The predicted molar refractivity (Wildman–Crippen MR) is 129 cm³/mol. The van der Waals surface area contributed by atoms with Crippen LogP contribution in [0.1, 0.15) is 28.8 Å². The minimum Gasteiger partial charge on any atom is -0.504 e. The number of phenolic OH excluding ortho intramolecular Hbond substituents is 1. The smallest absolute Gasteiger partial charge is 0.258 e. The first-order valence-electron chi connectivity index (χ1n) is 11.2. The van der Waals surface area contributed by atoms with Crippen LogP contribution in [0.25, 0.3) is 0 Å². The summed E-state index contributed by atoms with van der Waals surface area (Å²) in [6, 6.07) is 22.7. The van der Waals surface area contributed by atoms with Gasteiger partial charge >= 0.3 is 0 Å². The van der Waals surface area contributed by atoms with Crippen LogP contribution in [0.15, 0.2) is 72.8 Å². The number of phenols is 1. The maximum Gasteiger partial charge on any atom is 0.258 e. The van der Waals surface area contributed by atoms with Crippen molar-refractivity contribution in [3.8, 4) is 17.2 Å². The number of hydrogen-bond donors (Lipinski definition) is 1. The third kappa shape index (κ3) is 5.12. The van der Waals surface area contributed by atoms with E-state index in [-0.39, 0.29) is 17.7 Å². The Balaban J connectivity index is 1.52. The summed E-state index contributed by atoms with van der Waals surface area (Å²) in [6.07, 6.45) is 1.67. The Morgan fingerprint density at radius 2 is 1.70 bits per heavy atom. The average molecular weight is 447 g/mol. The molecule has 1 N–H and O–H groups in total. The summed E-state index contributed by atoms with van der Waals surface area (Å²) in [4.78, 5) is 17.8. The van der Waals surface area contributed by atoms with E-state index >= 15 is 0 Å². The van der Waals surface area contributed by atoms with Gasteiger partial charge in [-0.15, -0.1) is 0 Å². The van der Waals surface area contributed by atoms with Gasteiger partial charge in [0.15, 0.2) is 11.5 Å². The normalized spacial score (nSPS) is 14.6. The molecule has 6 nitrogen and oxygen atoms in total. The number of benzene rings is 3. The number of ether oxygens (including phenoxy) is 2. The van der Waals surface area contributed by atoms with Crippen LogP contribution < -0.4 is 14.4 Å². The van der Waals surface area contributed by atoms with E-state index in [1.54, 1.807) is 20.3 Å². The van der Waals surface area contributed by atoms with Crippen molar-refractivity contribution in [1.29, 1.82) is 0 Å². The summed E-state index contributed by atoms with van der Waals surface area (Å²) in [5.74, 6) is 1.40. The fraction of sp³-hybridized carbons (Fsp3) is 0.296. The van der Waals surface area contributed by atoms with E-state index in [1.807, 2.05) is 71.6 Å². The molecule has 1 amide bonds. The lowest BCUT2D eigenvalue weighted by molar-refractivity contribution is 0.0958. The van der Waals surface area contributed by atoms with Crippen LogP contribution in [-0.4, -0.2) is 49.3 Å². The van der Waals surface area contributed by atoms with Crippen molar-refractivity contribution in [1.82, 2.24) is 4.90 Å². The van der Waals surface area contributed by atoms with Crippen LogP contribution in [0.5, 0.6) is 17.2 Å². The highest BCUT2D eigenvalue weighted by molar-refractivity contribution is 6.06. The maximum absolute atomic E-state index is 13.6. The molecule has 0 unspecified atom stereocenters. The molecule has 1 heterocycles. The molecule has 3 aromatic carbocycles. The van der Waals surface area contributed by atoms with Crippen molar-refractivity contribution in [2.24, 2.45) is 0 Å². The van der Waals surface area contributed by atoms with Crippen molar-refractivity contribution >= 4 is 11.6 Å². The van der Waals surface area contributed by atoms with Gasteiger partial charge in [-0.05, 0) is 43.2 Å². The lowest BCUT2D eigenvalue weighted by atomic mass is 10.00. The van der Waals surface area contributed by atoms with Gasteiger partial charge in [-0.1, -0.05) is 36.4 Å². The zero-order valence-electron chi connectivity index (χ0n) is 19.1. The number of likely N-dealkylation sites (tertiary alicyclic amines) is 1. The standard InChI is InChI=1S/C27H30N2O4/c1-32-24-12-7-11-23(18-24)29(27(31)20-8-4-3-5-9-20)22-14-16-28(17-15-22)19-21-10-6-13-25(33-2)26(21)30/h3-13,18,22,30H,14-17,19H2,1-2H3. The van der Waals surface area contributed by atoms with Gasteiger partial charge in [0.05, 0.1) is 14.2 Å². The van der Waals surface area contributed by atoms with E-state index in [0.717, 1.165) is 42.9 Å². The van der Waals surface area contributed by atoms with E-state index in [0.29, 0.717) is 17.9 Å². The third-order valence-electron chi connectivity index (χ3n) is 6.19. The molecule has 0 saturated carbocycles. The second-order valence-corrected chi connectivity index (χ2v) is 8.22. The lowest BCUT2D eigenvalue weighted by Crippen LogP contribution is -2.47. The monoisotopic (exact) mass is 446 g/mol. The van der Waals surface area contributed by atoms with Crippen molar-refractivity contribution in [3.63, 3.8) is 0 Å². The Kier molecular flexibility index (Phi) is 7.15. The number of rotatable bonds is 7. The van der Waals surface area contributed by atoms with Gasteiger partial charge in [0.25, 0.3) is 5.91 Å². The number of piperidine rings is 1. The molecule has 6 heteroatoms. The maximum atomic E-state index is 13.6. The summed E-state index contributed by atoms with van der Waals surface area (Å²) < 4.78 is 10.6. The van der Waals surface area contributed by atoms with Crippen LogP contribution >= 0.6 is 0 Å². The molecule has 0 atom stereocenters. The summed E-state index contributed by atoms with van der Waals surface area (Å²) in [5, 5.41) is 10.4. The van der Waals surface area contributed by atoms with E-state index < -0.39 is 0 Å². The van der Waals surface area contributed by atoms with E-state index in [9.17, 15) is 9.90 Å². The molecule has 4 rings (SSSR count). The molecule has 0 bridgehead atoms. The van der Waals surface area contributed by atoms with Gasteiger partial charge in [0.2, 0.25) is 0 Å². The molecule has 1 aliphatic heterocycles. The zero-order chi connectivity index (χ0) is 23.2. The molecule has 1 saturated heterocycles. The summed E-state index contributed by atoms with van der Waals surface area (Å²) >= 11 is 0. The lowest BCUT2D eigenvalue weighted by Gasteiger charge is -2.39. The Morgan fingerprint density at radius 3 is 2.39 bits per heavy atom. The van der Waals surface area contributed by atoms with Crippen LogP contribution in [0.2, 0.25) is 0 Å². The number of nitrogens with zero attached hydrogens (tertiary/aromatic N) is 2. The predicted octanol–water partition coefficient (Wildman–Crippen LogP) is 4.72. The highest BCUT2D eigenvalue weighted by Gasteiger charge is 2.30. The number of anilines is 1. The Morgan fingerprint density at radius 1 is 0.970 bits per heavy atom. The van der Waals surface area contributed by atoms with Gasteiger partial charge in [-0.25, -0.2) is 0 Å². The van der Waals surface area contributed by atoms with Gasteiger partial charge in [0.1, 0.15) is 5.75 Å². The number of aromatic hydroxyl groups is 1. The molecular formula is C27H30N2O4. The highest BCUT2D eigenvalue weighted by atomic mass is 16.5. The summed E-state index contributed by atoms with van der Waals surface area (Å²) in [6.45, 7) is 2.29. The molecule has 1 aliphatic rings. The zero-order valence-corrected chi connectivity index (χ0v) is 19.1. The molecule has 0 spiro atoms. The van der Waals surface area contributed by atoms with E-state index in [2.05, 4.69) is 4.90 Å². The van der Waals surface area contributed by atoms with Gasteiger partial charge in [0, 0.05) is 48.6 Å². The molecule has 0 aliphatic carbocycles. The second-order valence-electron chi connectivity index (χ2n) is 8.22. The van der Waals surface area contributed by atoms with Crippen molar-refractivity contribution in [2.45, 2.75) is 25.4 Å². The van der Waals surface area contributed by atoms with E-state index in [1.165, 1.54) is 0 Å². The minimum atomic E-state index is -0.00672. The fourth-order valence-electron chi connectivity index (χ4n) is 4.41. The number of carbonyl (C=O) groups excluding carboxylic acids is 1. The van der Waals surface area contributed by atoms with E-state index in [4.69, 9.17) is 9.47 Å². The van der Waals surface area contributed by atoms with Crippen LogP contribution in [0, 0.1) is 0 Å². The Hall–Kier alpha value is -3.51. The van der Waals surface area contributed by atoms with Gasteiger partial charge in [-0.2, -0.15) is 0 Å². The number of amides is 1. The second kappa shape index (κ2) is 10.4. The van der Waals surface area contributed by atoms with Gasteiger partial charge in [-0.3, -0.25) is 9.69 Å². The van der Waals surface area contributed by atoms with Crippen molar-refractivity contribution in [3.05, 3.63) is 83.9 Å².